The largest absolute Gasteiger partial charge is 0.481 e. The van der Waals surface area contributed by atoms with E-state index in [0.29, 0.717) is 11.4 Å². The number of nitrogens with one attached hydrogen (secondary N) is 2. The number of amides is 1. The summed E-state index contributed by atoms with van der Waals surface area (Å²) in [5, 5.41) is 21.0. The van der Waals surface area contributed by atoms with E-state index < -0.39 is 28.9 Å². The fraction of sp³-hybridized carbons (Fsp3) is 0.357. The predicted molar refractivity (Wildman–Crippen MR) is 79.0 cm³/mol. The van der Waals surface area contributed by atoms with Crippen LogP contribution >= 0.6 is 0 Å². The summed E-state index contributed by atoms with van der Waals surface area (Å²) in [6, 6.07) is 6.43. The van der Waals surface area contributed by atoms with Crippen LogP contribution in [0, 0.1) is 17.3 Å². The van der Waals surface area contributed by atoms with Crippen molar-refractivity contribution in [3.05, 3.63) is 34.7 Å². The Kier molecular flexibility index (Phi) is 3.28. The fourth-order valence-corrected chi connectivity index (χ4v) is 2.86. The highest BCUT2D eigenvalue weighted by Gasteiger charge is 2.65. The molecule has 2 atom stereocenters. The van der Waals surface area contributed by atoms with Crippen LogP contribution in [0.25, 0.3) is 5.69 Å². The molecule has 9 nitrogen and oxygen atoms in total. The first kappa shape index (κ1) is 14.9. The molecule has 0 bridgehead atoms. The number of rotatable bonds is 4. The van der Waals surface area contributed by atoms with E-state index >= 15 is 0 Å². The molecule has 1 aliphatic rings. The number of carboxylic acids is 1. The van der Waals surface area contributed by atoms with Crippen LogP contribution in [0.3, 0.4) is 0 Å². The summed E-state index contributed by atoms with van der Waals surface area (Å²) in [6.07, 6.45) is 0. The molecule has 2 aromatic rings. The Labute approximate surface area is 130 Å². The van der Waals surface area contributed by atoms with Crippen molar-refractivity contribution in [2.45, 2.75) is 13.8 Å². The van der Waals surface area contributed by atoms with Gasteiger partial charge in [-0.15, -0.1) is 0 Å². The first-order valence-electron chi connectivity index (χ1n) is 6.97. The third-order valence-corrected chi connectivity index (χ3v) is 4.23. The van der Waals surface area contributed by atoms with Crippen molar-refractivity contribution in [1.82, 2.24) is 20.2 Å². The predicted octanol–water partition coefficient (Wildman–Crippen LogP) is 0.251. The van der Waals surface area contributed by atoms with E-state index in [9.17, 15) is 14.4 Å². The van der Waals surface area contributed by atoms with Crippen LogP contribution in [0.5, 0.6) is 0 Å². The third kappa shape index (κ3) is 2.50. The van der Waals surface area contributed by atoms with Gasteiger partial charge in [-0.05, 0) is 40.1 Å². The zero-order valence-electron chi connectivity index (χ0n) is 12.5. The van der Waals surface area contributed by atoms with Gasteiger partial charge in [-0.1, -0.05) is 13.8 Å². The highest BCUT2D eigenvalue weighted by atomic mass is 16.4. The molecule has 9 heteroatoms. The van der Waals surface area contributed by atoms with Crippen LogP contribution in [0.4, 0.5) is 5.69 Å². The molecule has 0 spiro atoms. The molecule has 0 radical (unpaired) electrons. The van der Waals surface area contributed by atoms with Crippen molar-refractivity contribution in [3.8, 4) is 5.69 Å². The van der Waals surface area contributed by atoms with Gasteiger partial charge < -0.3 is 10.4 Å². The van der Waals surface area contributed by atoms with Gasteiger partial charge in [-0.2, -0.15) is 4.68 Å². The molecule has 0 aliphatic heterocycles. The molecule has 1 fully saturated rings. The molecule has 23 heavy (non-hydrogen) atoms. The summed E-state index contributed by atoms with van der Waals surface area (Å²) in [7, 11) is 0. The number of nitrogens with zero attached hydrogens (tertiary/aromatic N) is 3. The van der Waals surface area contributed by atoms with Crippen molar-refractivity contribution in [2.24, 2.45) is 17.3 Å². The minimum atomic E-state index is -0.962. The number of carbonyl (C=O) groups is 2. The van der Waals surface area contributed by atoms with Crippen LogP contribution in [-0.2, 0) is 9.59 Å². The summed E-state index contributed by atoms with van der Waals surface area (Å²) in [5.74, 6) is -2.52. The number of benzene rings is 1. The Morgan fingerprint density at radius 1 is 1.26 bits per heavy atom. The van der Waals surface area contributed by atoms with E-state index in [-0.39, 0.29) is 5.91 Å². The smallest absolute Gasteiger partial charge is 0.365 e. The van der Waals surface area contributed by atoms with Gasteiger partial charge >= 0.3 is 11.7 Å². The summed E-state index contributed by atoms with van der Waals surface area (Å²) < 4.78 is 1.08. The third-order valence-electron chi connectivity index (χ3n) is 4.23. The minimum Gasteiger partial charge on any atom is -0.481 e. The summed E-state index contributed by atoms with van der Waals surface area (Å²) in [4.78, 5) is 34.7. The Morgan fingerprint density at radius 3 is 2.39 bits per heavy atom. The molecular weight excluding hydrogens is 302 g/mol. The molecule has 3 N–H and O–H groups in total. The lowest BCUT2D eigenvalue weighted by molar-refractivity contribution is -0.140. The van der Waals surface area contributed by atoms with Gasteiger partial charge in [0.15, 0.2) is 0 Å². The maximum absolute atomic E-state index is 12.2. The van der Waals surface area contributed by atoms with Gasteiger partial charge in [-0.25, -0.2) is 9.89 Å². The van der Waals surface area contributed by atoms with E-state index in [2.05, 4.69) is 20.8 Å². The van der Waals surface area contributed by atoms with E-state index in [4.69, 9.17) is 5.11 Å². The normalized spacial score (nSPS) is 21.7. The maximum atomic E-state index is 12.2. The van der Waals surface area contributed by atoms with Crippen molar-refractivity contribution in [2.75, 3.05) is 5.32 Å². The average molecular weight is 317 g/mol. The second kappa shape index (κ2) is 5.04. The number of tetrazole rings is 1. The summed E-state index contributed by atoms with van der Waals surface area (Å²) >= 11 is 0. The van der Waals surface area contributed by atoms with Gasteiger partial charge in [0.25, 0.3) is 0 Å². The average Bonchev–Trinajstić information content (AvgIpc) is 2.83. The van der Waals surface area contributed by atoms with Crippen molar-refractivity contribution < 1.29 is 14.7 Å². The molecule has 1 aromatic heterocycles. The highest BCUT2D eigenvalue weighted by molar-refractivity contribution is 5.99. The first-order valence-corrected chi connectivity index (χ1v) is 6.97. The zero-order valence-corrected chi connectivity index (χ0v) is 12.5. The summed E-state index contributed by atoms with van der Waals surface area (Å²) in [6.45, 7) is 3.52. The van der Waals surface area contributed by atoms with Gasteiger partial charge in [0.2, 0.25) is 5.91 Å². The lowest BCUT2D eigenvalue weighted by Gasteiger charge is -2.07. The SMILES string of the molecule is CC1(C)[C@H](C(=O)O)[C@@H]1C(=O)Nc1ccc(-n2nn[nH]c2=O)cc1. The minimum absolute atomic E-state index is 0.325. The lowest BCUT2D eigenvalue weighted by Crippen LogP contribution is -2.18. The van der Waals surface area contributed by atoms with E-state index in [0.717, 1.165) is 4.68 Å². The standard InChI is InChI=1S/C14H15N5O4/c1-14(2)9(10(14)12(21)22)11(20)15-7-3-5-8(6-4-7)19-13(23)16-17-18-19/h3-6,9-10H,1-2H3,(H,15,20)(H,21,22)(H,16,18,23)/t9-,10+/m1/s1. The first-order chi connectivity index (χ1) is 10.8. The highest BCUT2D eigenvalue weighted by Crippen LogP contribution is 2.58. The lowest BCUT2D eigenvalue weighted by atomic mass is 10.1. The van der Waals surface area contributed by atoms with Crippen LogP contribution in [0.15, 0.2) is 29.1 Å². The van der Waals surface area contributed by atoms with E-state index in [1.54, 1.807) is 38.1 Å². The molecule has 1 aliphatic carbocycles. The molecule has 1 saturated carbocycles. The maximum Gasteiger partial charge on any atom is 0.365 e. The number of carbonyl (C=O) groups excluding carboxylic acids is 1. The molecule has 120 valence electrons. The molecule has 1 aromatic carbocycles. The number of hydrogen-bond acceptors (Lipinski definition) is 5. The van der Waals surface area contributed by atoms with Crippen LogP contribution in [-0.4, -0.2) is 37.2 Å². The molecule has 0 saturated heterocycles. The molecule has 1 amide bonds. The monoisotopic (exact) mass is 317 g/mol. The van der Waals surface area contributed by atoms with E-state index in [1.165, 1.54) is 0 Å². The van der Waals surface area contributed by atoms with Crippen LogP contribution in [0.2, 0.25) is 0 Å². The second-order valence-electron chi connectivity index (χ2n) is 6.07. The molecular formula is C14H15N5O4. The molecule has 0 unspecified atom stereocenters. The van der Waals surface area contributed by atoms with Crippen LogP contribution in [0.1, 0.15) is 13.8 Å². The van der Waals surface area contributed by atoms with Gasteiger partial charge in [-0.3, -0.25) is 9.59 Å². The fourth-order valence-electron chi connectivity index (χ4n) is 2.86. The topological polar surface area (TPSA) is 130 Å². The van der Waals surface area contributed by atoms with Gasteiger partial charge in [0, 0.05) is 5.69 Å². The second-order valence-corrected chi connectivity index (χ2v) is 6.07. The number of H-pyrrole nitrogens is 1. The van der Waals surface area contributed by atoms with Gasteiger partial charge in [0.05, 0.1) is 17.5 Å². The van der Waals surface area contributed by atoms with Gasteiger partial charge in [0.1, 0.15) is 0 Å². The number of aromatic nitrogens is 4. The zero-order chi connectivity index (χ0) is 16.8. The number of anilines is 1. The van der Waals surface area contributed by atoms with Crippen molar-refractivity contribution in [1.29, 1.82) is 0 Å². The Morgan fingerprint density at radius 2 is 1.91 bits per heavy atom. The Balaban J connectivity index is 1.72. The van der Waals surface area contributed by atoms with E-state index in [1.807, 2.05) is 0 Å². The molecule has 1 heterocycles. The van der Waals surface area contributed by atoms with Crippen LogP contribution < -0.4 is 11.0 Å². The summed E-state index contributed by atoms with van der Waals surface area (Å²) in [5.41, 5.74) is -0.00554. The number of hydrogen-bond donors (Lipinski definition) is 3. The number of aliphatic carboxylic acids is 1. The quantitative estimate of drug-likeness (QED) is 0.741. The van der Waals surface area contributed by atoms with Crippen molar-refractivity contribution >= 4 is 17.6 Å². The molecule has 3 rings (SSSR count). The number of aromatic amines is 1. The Hall–Kier alpha value is -2.97. The van der Waals surface area contributed by atoms with Crippen molar-refractivity contribution in [3.63, 3.8) is 0 Å². The Bertz CT molecular complexity index is 820. The number of carboxylic acid groups (broad SMARTS) is 1.